The Morgan fingerprint density at radius 2 is 1.47 bits per heavy atom. The number of aliphatic hydroxyl groups excluding tert-OH is 1. The van der Waals surface area contributed by atoms with Gasteiger partial charge in [-0.3, -0.25) is 4.79 Å². The maximum Gasteiger partial charge on any atom is 0.308 e. The van der Waals surface area contributed by atoms with Crippen molar-refractivity contribution in [1.29, 1.82) is 0 Å². The van der Waals surface area contributed by atoms with Gasteiger partial charge in [0.15, 0.2) is 25.0 Å². The minimum atomic E-state index is -2.05. The fraction of sp³-hybridized carbons (Fsp3) is 0.848. The van der Waals surface area contributed by atoms with Crippen LogP contribution in [0.2, 0.25) is 54.4 Å². The molecule has 0 bridgehead atoms. The zero-order valence-electron chi connectivity index (χ0n) is 39.2. The van der Waals surface area contributed by atoms with Crippen molar-refractivity contribution in [2.75, 3.05) is 0 Å². The van der Waals surface area contributed by atoms with Gasteiger partial charge in [0.2, 0.25) is 0 Å². The standard InChI is InChI=1S/C46H88O8Si3/c1-16-39(53-56(20-5,21-6)22-7)37(13)44-40(50-44)34-45(14,54-57(23-8,24-9)25-10)31-26-27-35(11)43-36(12)28-29-41(47)46(15,49)32-30-38(33-42(48)51-43)52-55(17-2,18-3)19-4/h26-29,31,36-41,43-44,47,49H,16-25,30,32-34H2,1-15H3/b29-28+,31-26+,35-27+/t36-,37+,38+,39-,40+,41-,43+,44+,45?,46+/m0/s1. The molecule has 10 atom stereocenters. The number of epoxide rings is 1. The fourth-order valence-corrected chi connectivity index (χ4v) is 18.1. The Morgan fingerprint density at radius 1 is 0.930 bits per heavy atom. The zero-order chi connectivity index (χ0) is 43.2. The number of aliphatic hydroxyl groups is 2. The van der Waals surface area contributed by atoms with Crippen molar-refractivity contribution in [2.45, 2.75) is 238 Å². The molecule has 0 aliphatic carbocycles. The maximum absolute atomic E-state index is 13.7. The van der Waals surface area contributed by atoms with Crippen molar-refractivity contribution in [2.24, 2.45) is 11.8 Å². The lowest BCUT2D eigenvalue weighted by molar-refractivity contribution is -0.151. The Balaban J connectivity index is 2.45. The van der Waals surface area contributed by atoms with E-state index in [1.54, 1.807) is 13.0 Å². The Morgan fingerprint density at radius 3 is 1.98 bits per heavy atom. The molecule has 8 nitrogen and oxygen atoms in total. The third kappa shape index (κ3) is 14.6. The first-order chi connectivity index (χ1) is 26.8. The van der Waals surface area contributed by atoms with Gasteiger partial charge in [-0.15, -0.1) is 0 Å². The number of cyclic esters (lactones) is 1. The van der Waals surface area contributed by atoms with Crippen LogP contribution in [0.1, 0.15) is 136 Å². The number of esters is 1. The molecule has 0 aromatic rings. The zero-order valence-corrected chi connectivity index (χ0v) is 42.2. The topological polar surface area (TPSA) is 107 Å². The van der Waals surface area contributed by atoms with Gasteiger partial charge in [-0.2, -0.15) is 0 Å². The van der Waals surface area contributed by atoms with E-state index in [1.165, 1.54) is 0 Å². The molecule has 2 aliphatic rings. The highest BCUT2D eigenvalue weighted by molar-refractivity contribution is 6.74. The summed E-state index contributed by atoms with van der Waals surface area (Å²) < 4.78 is 33.9. The van der Waals surface area contributed by atoms with E-state index in [0.29, 0.717) is 18.8 Å². The average Bonchev–Trinajstić information content (AvgIpc) is 3.97. The smallest absolute Gasteiger partial charge is 0.308 e. The van der Waals surface area contributed by atoms with Crippen molar-refractivity contribution in [3.05, 3.63) is 36.0 Å². The second-order valence-electron chi connectivity index (χ2n) is 18.1. The van der Waals surface area contributed by atoms with Crippen molar-refractivity contribution in [3.8, 4) is 0 Å². The van der Waals surface area contributed by atoms with Gasteiger partial charge < -0.3 is 33.0 Å². The van der Waals surface area contributed by atoms with E-state index in [0.717, 1.165) is 72.8 Å². The fourth-order valence-electron chi connectivity index (χ4n) is 9.12. The SMILES string of the molecule is CC[C@H](O[Si](CC)(CC)CC)[C@@H](C)[C@H]1O[C@@H]1CC(C)(/C=C/C=C(\C)[C@H]1OC(=O)C[C@H](O[Si](CC)(CC)CC)CC[C@@](C)(O)[C@@H](O)/C=C/[C@@H]1C)O[Si](CC)(CC)CC. The van der Waals surface area contributed by atoms with Crippen molar-refractivity contribution >= 4 is 30.9 Å². The van der Waals surface area contributed by atoms with E-state index < -0.39 is 48.4 Å². The molecule has 1 saturated heterocycles. The monoisotopic (exact) mass is 853 g/mol. The lowest BCUT2D eigenvalue weighted by Crippen LogP contribution is -2.46. The van der Waals surface area contributed by atoms with Gasteiger partial charge in [0.25, 0.3) is 0 Å². The van der Waals surface area contributed by atoms with Crippen molar-refractivity contribution < 1.29 is 37.8 Å². The molecule has 2 heterocycles. The number of hydrogen-bond acceptors (Lipinski definition) is 8. The molecular formula is C46H88O8Si3. The van der Waals surface area contributed by atoms with Crippen LogP contribution in [0.4, 0.5) is 0 Å². The normalized spacial score (nSPS) is 29.9. The molecule has 11 heteroatoms. The third-order valence-electron chi connectivity index (χ3n) is 14.4. The van der Waals surface area contributed by atoms with Crippen LogP contribution >= 0.6 is 0 Å². The molecule has 0 amide bonds. The number of carbonyl (C=O) groups excluding carboxylic acids is 1. The van der Waals surface area contributed by atoms with E-state index in [4.69, 9.17) is 22.8 Å². The summed E-state index contributed by atoms with van der Waals surface area (Å²) >= 11 is 0. The Kier molecular flexibility index (Phi) is 21.4. The van der Waals surface area contributed by atoms with Crippen molar-refractivity contribution in [1.82, 2.24) is 0 Å². The van der Waals surface area contributed by atoms with E-state index in [9.17, 15) is 15.0 Å². The van der Waals surface area contributed by atoms with Crippen LogP contribution in [0.25, 0.3) is 0 Å². The van der Waals surface area contributed by atoms with Gasteiger partial charge in [0.1, 0.15) is 12.2 Å². The van der Waals surface area contributed by atoms with E-state index in [2.05, 4.69) is 95.2 Å². The summed E-state index contributed by atoms with van der Waals surface area (Å²) in [5.41, 5.74) is -0.992. The van der Waals surface area contributed by atoms with E-state index in [-0.39, 0.29) is 42.7 Å². The van der Waals surface area contributed by atoms with Crippen LogP contribution < -0.4 is 0 Å². The van der Waals surface area contributed by atoms with Gasteiger partial charge in [-0.25, -0.2) is 0 Å². The summed E-state index contributed by atoms with van der Waals surface area (Å²) in [7, 11) is -5.81. The average molecular weight is 853 g/mol. The lowest BCUT2D eigenvalue weighted by Gasteiger charge is -2.39. The van der Waals surface area contributed by atoms with E-state index in [1.807, 2.05) is 26.0 Å². The van der Waals surface area contributed by atoms with E-state index >= 15 is 0 Å². The number of carbonyl (C=O) groups is 1. The predicted octanol–water partition coefficient (Wildman–Crippen LogP) is 11.7. The number of hydrogen-bond donors (Lipinski definition) is 2. The highest BCUT2D eigenvalue weighted by atomic mass is 28.4. The minimum absolute atomic E-state index is 0.0988. The molecule has 57 heavy (non-hydrogen) atoms. The first-order valence-electron chi connectivity index (χ1n) is 23.1. The third-order valence-corrected chi connectivity index (χ3v) is 28.5. The summed E-state index contributed by atoms with van der Waals surface area (Å²) in [6, 6.07) is 9.47. The lowest BCUT2D eigenvalue weighted by atomic mass is 9.89. The molecule has 2 rings (SSSR count). The Labute approximate surface area is 353 Å². The Hall–Kier alpha value is -0.899. The molecule has 0 aromatic heterocycles. The van der Waals surface area contributed by atoms with Gasteiger partial charge in [-0.1, -0.05) is 113 Å². The quantitative estimate of drug-likeness (QED) is 0.0344. The molecule has 332 valence electrons. The van der Waals surface area contributed by atoms with Crippen LogP contribution in [0.3, 0.4) is 0 Å². The molecular weight excluding hydrogens is 765 g/mol. The van der Waals surface area contributed by atoms with Crippen LogP contribution in [-0.2, 0) is 27.5 Å². The molecule has 1 unspecified atom stereocenters. The predicted molar refractivity (Wildman–Crippen MR) is 245 cm³/mol. The van der Waals surface area contributed by atoms with Crippen LogP contribution in [0, 0.1) is 11.8 Å². The molecule has 0 saturated carbocycles. The van der Waals surface area contributed by atoms with Crippen LogP contribution in [0.15, 0.2) is 36.0 Å². The summed E-state index contributed by atoms with van der Waals surface area (Å²) in [6.07, 6.45) is 10.9. The summed E-state index contributed by atoms with van der Waals surface area (Å²) in [4.78, 5) is 13.7. The first kappa shape index (κ1) is 52.2. The summed E-state index contributed by atoms with van der Waals surface area (Å²) in [6.45, 7) is 32.7. The number of rotatable bonds is 23. The molecule has 2 aliphatic heterocycles. The molecule has 2 N–H and O–H groups in total. The van der Waals surface area contributed by atoms with Crippen LogP contribution in [-0.4, -0.2) is 89.0 Å². The number of ether oxygens (including phenoxy) is 2. The van der Waals surface area contributed by atoms with Gasteiger partial charge >= 0.3 is 5.97 Å². The van der Waals surface area contributed by atoms with Crippen LogP contribution in [0.5, 0.6) is 0 Å². The highest BCUT2D eigenvalue weighted by Gasteiger charge is 2.50. The second kappa shape index (κ2) is 23.4. The molecule has 1 fully saturated rings. The molecule has 0 radical (unpaired) electrons. The number of allylic oxidation sites excluding steroid dienone is 2. The maximum atomic E-state index is 13.7. The van der Waals surface area contributed by atoms with Crippen molar-refractivity contribution in [3.63, 3.8) is 0 Å². The van der Waals surface area contributed by atoms with Gasteiger partial charge in [0, 0.05) is 24.4 Å². The summed E-state index contributed by atoms with van der Waals surface area (Å²) in [5, 5.41) is 22.4. The second-order valence-corrected chi connectivity index (χ2v) is 32.3. The molecule has 0 spiro atoms. The molecule has 0 aromatic carbocycles. The van der Waals surface area contributed by atoms with Gasteiger partial charge in [-0.05, 0) is 100 Å². The largest absolute Gasteiger partial charge is 0.457 e. The van der Waals surface area contributed by atoms with Gasteiger partial charge in [0.05, 0.1) is 35.9 Å². The minimum Gasteiger partial charge on any atom is -0.457 e. The Bertz CT molecular complexity index is 1270. The highest BCUT2D eigenvalue weighted by Crippen LogP contribution is 2.42. The summed E-state index contributed by atoms with van der Waals surface area (Å²) in [5.74, 6) is -0.240. The first-order valence-corrected chi connectivity index (χ1v) is 30.7.